The quantitative estimate of drug-likeness (QED) is 0.272. The third-order valence-corrected chi connectivity index (χ3v) is 4.90. The first-order chi connectivity index (χ1) is 15.1. The van der Waals surface area contributed by atoms with E-state index in [4.69, 9.17) is 33.3 Å². The van der Waals surface area contributed by atoms with Gasteiger partial charge in [0, 0.05) is 11.6 Å². The zero-order chi connectivity index (χ0) is 21.9. The van der Waals surface area contributed by atoms with Crippen molar-refractivity contribution >= 4 is 35.1 Å². The molecule has 0 unspecified atom stereocenters. The SMILES string of the molecule is COc1cc(C=NNC(=S)NCCc2ccccc2)ccc1OCc1ccc(Cl)cc1. The molecule has 3 aromatic rings. The number of halogens is 1. The van der Waals surface area contributed by atoms with E-state index in [1.807, 2.05) is 60.7 Å². The molecule has 0 aromatic heterocycles. The number of hydrazone groups is 1. The molecule has 160 valence electrons. The fourth-order valence-electron chi connectivity index (χ4n) is 2.80. The molecule has 7 heteroatoms. The van der Waals surface area contributed by atoms with Crippen molar-refractivity contribution in [3.8, 4) is 11.5 Å². The van der Waals surface area contributed by atoms with Gasteiger partial charge in [-0.3, -0.25) is 5.43 Å². The Morgan fingerprint density at radius 1 is 1.00 bits per heavy atom. The summed E-state index contributed by atoms with van der Waals surface area (Å²) in [6, 6.07) is 23.4. The maximum absolute atomic E-state index is 5.92. The maximum Gasteiger partial charge on any atom is 0.186 e. The molecule has 0 heterocycles. The van der Waals surface area contributed by atoms with Crippen LogP contribution >= 0.6 is 23.8 Å². The van der Waals surface area contributed by atoms with Crippen LogP contribution in [0.15, 0.2) is 77.9 Å². The van der Waals surface area contributed by atoms with E-state index in [-0.39, 0.29) is 0 Å². The van der Waals surface area contributed by atoms with Crippen LogP contribution in [-0.4, -0.2) is 25.0 Å². The Morgan fingerprint density at radius 3 is 2.52 bits per heavy atom. The van der Waals surface area contributed by atoms with Gasteiger partial charge in [0.15, 0.2) is 16.6 Å². The van der Waals surface area contributed by atoms with Crippen LogP contribution in [0.4, 0.5) is 0 Å². The highest BCUT2D eigenvalue weighted by Crippen LogP contribution is 2.28. The van der Waals surface area contributed by atoms with Gasteiger partial charge in [0.25, 0.3) is 0 Å². The first-order valence-corrected chi connectivity index (χ1v) is 10.6. The van der Waals surface area contributed by atoms with Crippen molar-refractivity contribution in [2.75, 3.05) is 13.7 Å². The predicted molar refractivity (Wildman–Crippen MR) is 130 cm³/mol. The van der Waals surface area contributed by atoms with Crippen LogP contribution in [0.2, 0.25) is 5.02 Å². The van der Waals surface area contributed by atoms with Crippen molar-refractivity contribution in [1.29, 1.82) is 0 Å². The van der Waals surface area contributed by atoms with E-state index in [1.165, 1.54) is 5.56 Å². The lowest BCUT2D eigenvalue weighted by molar-refractivity contribution is 0.284. The minimum atomic E-state index is 0.422. The summed E-state index contributed by atoms with van der Waals surface area (Å²) in [5.74, 6) is 1.28. The van der Waals surface area contributed by atoms with Gasteiger partial charge < -0.3 is 14.8 Å². The molecule has 0 spiro atoms. The summed E-state index contributed by atoms with van der Waals surface area (Å²) in [5, 5.41) is 8.50. The molecule has 0 saturated carbocycles. The lowest BCUT2D eigenvalue weighted by atomic mass is 10.1. The van der Waals surface area contributed by atoms with Gasteiger partial charge in [-0.1, -0.05) is 54.1 Å². The number of hydrogen-bond acceptors (Lipinski definition) is 4. The molecule has 31 heavy (non-hydrogen) atoms. The van der Waals surface area contributed by atoms with Gasteiger partial charge >= 0.3 is 0 Å². The highest BCUT2D eigenvalue weighted by Gasteiger charge is 2.06. The van der Waals surface area contributed by atoms with E-state index < -0.39 is 0 Å². The molecule has 5 nitrogen and oxygen atoms in total. The smallest absolute Gasteiger partial charge is 0.186 e. The molecule has 0 saturated heterocycles. The van der Waals surface area contributed by atoms with Gasteiger partial charge in [-0.25, -0.2) is 0 Å². The first-order valence-electron chi connectivity index (χ1n) is 9.80. The van der Waals surface area contributed by atoms with Crippen LogP contribution in [0.3, 0.4) is 0 Å². The van der Waals surface area contributed by atoms with E-state index >= 15 is 0 Å². The van der Waals surface area contributed by atoms with E-state index in [2.05, 4.69) is 28.0 Å². The van der Waals surface area contributed by atoms with Crippen LogP contribution in [0, 0.1) is 0 Å². The van der Waals surface area contributed by atoms with Crippen LogP contribution in [0.5, 0.6) is 11.5 Å². The Bertz CT molecular complexity index is 1010. The van der Waals surface area contributed by atoms with Crippen molar-refractivity contribution in [3.63, 3.8) is 0 Å². The van der Waals surface area contributed by atoms with Crippen LogP contribution in [0.25, 0.3) is 0 Å². The second-order valence-corrected chi connectivity index (χ2v) is 7.53. The largest absolute Gasteiger partial charge is 0.493 e. The zero-order valence-electron chi connectivity index (χ0n) is 17.2. The van der Waals surface area contributed by atoms with Crippen molar-refractivity contribution in [3.05, 3.63) is 94.5 Å². The van der Waals surface area contributed by atoms with Gasteiger partial charge in [-0.15, -0.1) is 0 Å². The van der Waals surface area contributed by atoms with Crippen molar-refractivity contribution in [1.82, 2.24) is 10.7 Å². The third kappa shape index (κ3) is 7.59. The molecule has 2 N–H and O–H groups in total. The number of nitrogens with zero attached hydrogens (tertiary/aromatic N) is 1. The number of benzene rings is 3. The Balaban J connectivity index is 1.47. The molecule has 0 aliphatic heterocycles. The summed E-state index contributed by atoms with van der Waals surface area (Å²) < 4.78 is 11.3. The van der Waals surface area contributed by atoms with Crippen LogP contribution in [-0.2, 0) is 13.0 Å². The van der Waals surface area contributed by atoms with E-state index in [1.54, 1.807) is 13.3 Å². The monoisotopic (exact) mass is 453 g/mol. The number of ether oxygens (including phenoxy) is 2. The summed E-state index contributed by atoms with van der Waals surface area (Å²) in [6.45, 7) is 1.16. The molecule has 3 aromatic carbocycles. The molecule has 0 fully saturated rings. The Labute approximate surface area is 193 Å². The second kappa shape index (κ2) is 11.9. The predicted octanol–water partition coefficient (Wildman–Crippen LogP) is 4.97. The van der Waals surface area contributed by atoms with E-state index in [0.717, 1.165) is 24.1 Å². The molecule has 0 radical (unpaired) electrons. The lowest BCUT2D eigenvalue weighted by Gasteiger charge is -2.11. The first kappa shape index (κ1) is 22.6. The molecule has 0 aliphatic rings. The van der Waals surface area contributed by atoms with E-state index in [9.17, 15) is 0 Å². The fraction of sp³-hybridized carbons (Fsp3) is 0.167. The minimum Gasteiger partial charge on any atom is -0.493 e. The highest BCUT2D eigenvalue weighted by atomic mass is 35.5. The normalized spacial score (nSPS) is 10.6. The van der Waals surface area contributed by atoms with Gasteiger partial charge in [0.2, 0.25) is 0 Å². The van der Waals surface area contributed by atoms with Crippen LogP contribution < -0.4 is 20.2 Å². The molecule has 0 bridgehead atoms. The van der Waals surface area contributed by atoms with Crippen molar-refractivity contribution < 1.29 is 9.47 Å². The number of rotatable bonds is 9. The number of nitrogens with one attached hydrogen (secondary N) is 2. The standard InChI is InChI=1S/C24H24ClN3O2S/c1-29-23-15-20(9-12-22(23)30-17-19-7-10-21(25)11-8-19)16-27-28-24(31)26-14-13-18-5-3-2-4-6-18/h2-12,15-16H,13-14,17H2,1H3,(H2,26,28,31). The Morgan fingerprint density at radius 2 is 1.77 bits per heavy atom. The van der Waals surface area contributed by atoms with Crippen molar-refractivity contribution in [2.24, 2.45) is 5.10 Å². The third-order valence-electron chi connectivity index (χ3n) is 4.42. The summed E-state index contributed by atoms with van der Waals surface area (Å²) in [7, 11) is 1.61. The van der Waals surface area contributed by atoms with Gasteiger partial charge in [-0.05, 0) is 65.7 Å². The fourth-order valence-corrected chi connectivity index (χ4v) is 3.08. The van der Waals surface area contributed by atoms with E-state index in [0.29, 0.717) is 28.2 Å². The second-order valence-electron chi connectivity index (χ2n) is 6.69. The average Bonchev–Trinajstić information content (AvgIpc) is 2.80. The number of thiocarbonyl (C=S) groups is 1. The Hall–Kier alpha value is -3.09. The van der Waals surface area contributed by atoms with Gasteiger partial charge in [-0.2, -0.15) is 5.10 Å². The minimum absolute atomic E-state index is 0.422. The average molecular weight is 454 g/mol. The van der Waals surface area contributed by atoms with Gasteiger partial charge in [0.1, 0.15) is 6.61 Å². The summed E-state index contributed by atoms with van der Waals surface area (Å²) in [5.41, 5.74) is 5.96. The molecular formula is C24H24ClN3O2S. The van der Waals surface area contributed by atoms with Crippen molar-refractivity contribution in [2.45, 2.75) is 13.0 Å². The van der Waals surface area contributed by atoms with Gasteiger partial charge in [0.05, 0.1) is 13.3 Å². The lowest BCUT2D eigenvalue weighted by Crippen LogP contribution is -2.33. The topological polar surface area (TPSA) is 54.9 Å². The van der Waals surface area contributed by atoms with Crippen LogP contribution in [0.1, 0.15) is 16.7 Å². The highest BCUT2D eigenvalue weighted by molar-refractivity contribution is 7.80. The zero-order valence-corrected chi connectivity index (χ0v) is 18.7. The maximum atomic E-state index is 5.92. The summed E-state index contributed by atoms with van der Waals surface area (Å²) >= 11 is 11.2. The summed E-state index contributed by atoms with van der Waals surface area (Å²) in [6.07, 6.45) is 2.57. The Kier molecular flexibility index (Phi) is 8.70. The number of methoxy groups -OCH3 is 1. The molecule has 0 aliphatic carbocycles. The molecular weight excluding hydrogens is 430 g/mol. The molecule has 0 atom stereocenters. The summed E-state index contributed by atoms with van der Waals surface area (Å²) in [4.78, 5) is 0. The molecule has 0 amide bonds. The number of hydrogen-bond donors (Lipinski definition) is 2. The molecule has 3 rings (SSSR count).